The maximum absolute atomic E-state index is 10.4. The largest absolute Gasteiger partial charge is 0.480 e. The van der Waals surface area contributed by atoms with E-state index in [9.17, 15) is 19.2 Å². The smallest absolute Gasteiger partial charge is 0.432 e. The first-order chi connectivity index (χ1) is 17.4. The minimum absolute atomic E-state index is 0.269. The van der Waals surface area contributed by atoms with E-state index < -0.39 is 43.6 Å². The van der Waals surface area contributed by atoms with Gasteiger partial charge in [-0.3, -0.25) is 19.2 Å². The molecule has 1 aromatic rings. The first-order valence-electron chi connectivity index (χ1n) is 11.5. The Labute approximate surface area is 216 Å². The molecule has 0 bridgehead atoms. The summed E-state index contributed by atoms with van der Waals surface area (Å²) in [7, 11) is -0.750. The van der Waals surface area contributed by atoms with E-state index in [0.717, 1.165) is 44.3 Å². The van der Waals surface area contributed by atoms with Crippen LogP contribution in [-0.4, -0.2) is 99.3 Å². The average Bonchev–Trinajstić information content (AvgIpc) is 3.56. The quantitative estimate of drug-likeness (QED) is 0.177. The third kappa shape index (κ3) is 20.8. The fourth-order valence-corrected chi connectivity index (χ4v) is 2.75. The number of nitrogens with one attached hydrogen (secondary N) is 2. The van der Waals surface area contributed by atoms with Gasteiger partial charge in [-0.1, -0.05) is 30.3 Å². The molecule has 2 heterocycles. The summed E-state index contributed by atoms with van der Waals surface area (Å²) in [5.41, 5.74) is 11.1. The Bertz CT molecular complexity index is 748. The highest BCUT2D eigenvalue weighted by Crippen LogP contribution is 2.04. The normalized spacial score (nSPS) is 18.8. The van der Waals surface area contributed by atoms with Crippen molar-refractivity contribution in [1.29, 1.82) is 0 Å². The van der Waals surface area contributed by atoms with Gasteiger partial charge in [0.05, 0.1) is 0 Å². The molecule has 2 aliphatic heterocycles. The lowest BCUT2D eigenvalue weighted by Gasteiger charge is -2.04. The lowest BCUT2D eigenvalue weighted by atomic mass is 10.1. The molecule has 0 amide bonds. The molecule has 2 fully saturated rings. The molecule has 0 unspecified atom stereocenters. The lowest BCUT2D eigenvalue weighted by Crippen LogP contribution is -2.32. The highest BCUT2D eigenvalue weighted by atomic mass is 16.4. The number of aliphatic carboxylic acids is 4. The van der Waals surface area contributed by atoms with Crippen molar-refractivity contribution in [2.24, 2.45) is 11.5 Å². The summed E-state index contributed by atoms with van der Waals surface area (Å²) < 4.78 is 0. The number of benzene rings is 1. The number of carbonyl (C=O) groups is 4. The molecule has 14 nitrogen and oxygen atoms in total. The van der Waals surface area contributed by atoms with Crippen molar-refractivity contribution in [1.82, 2.24) is 10.6 Å². The number of nitrogens with two attached hydrogens (primary N) is 2. The van der Waals surface area contributed by atoms with Crippen LogP contribution in [-0.2, 0) is 25.6 Å². The molecule has 3 rings (SSSR count). The van der Waals surface area contributed by atoms with Gasteiger partial charge in [0.15, 0.2) is 0 Å². The molecule has 0 spiro atoms. The minimum Gasteiger partial charge on any atom is -0.480 e. The molecule has 12 N–H and O–H groups in total. The number of carboxylic acids is 4. The SMILES string of the molecule is C[C@H](N)C(=O)O.N[C@@H](Cc1ccccc1)C(=O)O.O=C(O)[C@@H]1CCCN1.O=C(O)[C@@H]1CCCN1.OBO. The van der Waals surface area contributed by atoms with Crippen molar-refractivity contribution in [2.75, 3.05) is 13.1 Å². The van der Waals surface area contributed by atoms with Crippen molar-refractivity contribution in [3.63, 3.8) is 0 Å². The van der Waals surface area contributed by atoms with Crippen LogP contribution in [0, 0.1) is 0 Å². The lowest BCUT2D eigenvalue weighted by molar-refractivity contribution is -0.140. The van der Waals surface area contributed by atoms with E-state index in [1.165, 1.54) is 6.92 Å². The van der Waals surface area contributed by atoms with E-state index in [0.29, 0.717) is 6.42 Å². The molecule has 37 heavy (non-hydrogen) atoms. The zero-order valence-electron chi connectivity index (χ0n) is 20.8. The zero-order valence-corrected chi connectivity index (χ0v) is 20.8. The maximum atomic E-state index is 10.4. The van der Waals surface area contributed by atoms with Crippen LogP contribution in [0.5, 0.6) is 0 Å². The third-order valence-corrected chi connectivity index (χ3v) is 4.72. The third-order valence-electron chi connectivity index (χ3n) is 4.72. The number of carboxylic acid groups (broad SMARTS) is 4. The fraction of sp³-hybridized carbons (Fsp3) is 0.545. The first kappa shape index (κ1) is 36.1. The van der Waals surface area contributed by atoms with Crippen LogP contribution in [0.4, 0.5) is 0 Å². The number of hydrogen-bond donors (Lipinski definition) is 10. The number of hydrogen-bond acceptors (Lipinski definition) is 10. The van der Waals surface area contributed by atoms with Crippen LogP contribution < -0.4 is 22.1 Å². The van der Waals surface area contributed by atoms with Crippen LogP contribution in [0.2, 0.25) is 0 Å². The van der Waals surface area contributed by atoms with Crippen LogP contribution in [0.1, 0.15) is 38.2 Å². The summed E-state index contributed by atoms with van der Waals surface area (Å²) >= 11 is 0. The molecule has 4 atom stereocenters. The molecule has 2 saturated heterocycles. The fourth-order valence-electron chi connectivity index (χ4n) is 2.75. The van der Waals surface area contributed by atoms with Crippen LogP contribution in [0.15, 0.2) is 30.3 Å². The van der Waals surface area contributed by atoms with Gasteiger partial charge in [-0.2, -0.15) is 0 Å². The molecule has 210 valence electrons. The summed E-state index contributed by atoms with van der Waals surface area (Å²) in [4.78, 5) is 40.2. The van der Waals surface area contributed by atoms with E-state index in [2.05, 4.69) is 10.6 Å². The van der Waals surface area contributed by atoms with Crippen LogP contribution in [0.3, 0.4) is 0 Å². The van der Waals surface area contributed by atoms with Crippen LogP contribution in [0.25, 0.3) is 0 Å². The van der Waals surface area contributed by atoms with Gasteiger partial charge in [0.25, 0.3) is 0 Å². The first-order valence-corrected chi connectivity index (χ1v) is 11.5. The topological polar surface area (TPSA) is 266 Å². The molecule has 1 aromatic carbocycles. The van der Waals surface area contributed by atoms with Crippen molar-refractivity contribution in [3.05, 3.63) is 35.9 Å². The highest BCUT2D eigenvalue weighted by molar-refractivity contribution is 6.13. The van der Waals surface area contributed by atoms with Crippen molar-refractivity contribution < 1.29 is 49.7 Å². The zero-order chi connectivity index (χ0) is 28.8. The number of rotatable bonds is 6. The monoisotopic (exact) mass is 530 g/mol. The van der Waals surface area contributed by atoms with Gasteiger partial charge in [-0.05, 0) is 57.7 Å². The Morgan fingerprint density at radius 3 is 1.46 bits per heavy atom. The second kappa shape index (κ2) is 22.1. The van der Waals surface area contributed by atoms with Gasteiger partial charge in [-0.15, -0.1) is 0 Å². The molecular formula is C22H39BN4O10. The maximum Gasteiger partial charge on any atom is 0.432 e. The van der Waals surface area contributed by atoms with E-state index in [1.807, 2.05) is 30.3 Å². The predicted molar refractivity (Wildman–Crippen MR) is 136 cm³/mol. The van der Waals surface area contributed by atoms with Gasteiger partial charge in [0.2, 0.25) is 0 Å². The summed E-state index contributed by atoms with van der Waals surface area (Å²) in [5, 5.41) is 53.0. The van der Waals surface area contributed by atoms with Crippen LogP contribution >= 0.6 is 0 Å². The van der Waals surface area contributed by atoms with Gasteiger partial charge in [0, 0.05) is 0 Å². The summed E-state index contributed by atoms with van der Waals surface area (Å²) in [6, 6.07) is 7.28. The van der Waals surface area contributed by atoms with Crippen molar-refractivity contribution >= 4 is 31.6 Å². The average molecular weight is 530 g/mol. The molecule has 15 heteroatoms. The second-order valence-corrected chi connectivity index (χ2v) is 7.88. The molecule has 0 aromatic heterocycles. The van der Waals surface area contributed by atoms with E-state index in [4.69, 9.17) is 41.9 Å². The van der Waals surface area contributed by atoms with Gasteiger partial charge in [0.1, 0.15) is 24.2 Å². The minimum atomic E-state index is -0.963. The summed E-state index contributed by atoms with van der Waals surface area (Å²) in [6.45, 7) is 3.14. The van der Waals surface area contributed by atoms with Crippen molar-refractivity contribution in [3.8, 4) is 0 Å². The Hall–Kier alpha value is -3.08. The van der Waals surface area contributed by atoms with E-state index in [-0.39, 0.29) is 12.1 Å². The Morgan fingerprint density at radius 1 is 0.865 bits per heavy atom. The standard InChI is InChI=1S/C9H11NO2.2C5H9NO2.C3H7NO2.BH3O2/c10-8(9(11)12)6-7-4-2-1-3-5-7;2*7-5(8)4-2-1-3-6-4;1-2(4)3(5)6;2-1-3/h1-5,8H,6,10H2,(H,11,12);2*4,6H,1-3H2,(H,7,8);2H,4H2,1H3,(H,5,6);1-3H/t8-;2*4-;2-;/m0000./s1. The van der Waals surface area contributed by atoms with Gasteiger partial charge in [-0.25, -0.2) is 0 Å². The van der Waals surface area contributed by atoms with Crippen molar-refractivity contribution in [2.45, 2.75) is 63.2 Å². The molecule has 0 radical (unpaired) electrons. The molecule has 0 saturated carbocycles. The predicted octanol–water partition coefficient (Wildman–Crippen LogP) is -2.06. The Morgan fingerprint density at radius 2 is 1.24 bits per heavy atom. The summed E-state index contributed by atoms with van der Waals surface area (Å²) in [5.74, 6) is -3.36. The molecular weight excluding hydrogens is 491 g/mol. The second-order valence-electron chi connectivity index (χ2n) is 7.88. The highest BCUT2D eigenvalue weighted by Gasteiger charge is 2.20. The Balaban J connectivity index is 0. The Kier molecular flexibility index (Phi) is 21.6. The van der Waals surface area contributed by atoms with E-state index >= 15 is 0 Å². The van der Waals surface area contributed by atoms with Gasteiger partial charge >= 0.3 is 31.6 Å². The molecule has 2 aliphatic rings. The van der Waals surface area contributed by atoms with E-state index in [1.54, 1.807) is 0 Å². The molecule has 0 aliphatic carbocycles. The summed E-state index contributed by atoms with van der Waals surface area (Å²) in [6.07, 6.45) is 3.95. The van der Waals surface area contributed by atoms with Gasteiger partial charge < -0.3 is 52.6 Å².